The molecule has 0 N–H and O–H groups in total. The van der Waals surface area contributed by atoms with E-state index in [0.29, 0.717) is 38.9 Å². The van der Waals surface area contributed by atoms with Crippen molar-refractivity contribution in [3.63, 3.8) is 0 Å². The zero-order chi connectivity index (χ0) is 15.8. The van der Waals surface area contributed by atoms with Crippen LogP contribution in [-0.2, 0) is 19.1 Å². The molecule has 0 amide bonds. The summed E-state index contributed by atoms with van der Waals surface area (Å²) < 4.78 is 10.6. The highest BCUT2D eigenvalue weighted by Gasteiger charge is 2.58. The number of esters is 2. The molecule has 0 fully saturated rings. The first-order valence-corrected chi connectivity index (χ1v) is 7.80. The van der Waals surface area contributed by atoms with Gasteiger partial charge < -0.3 is 9.47 Å². The Bertz CT molecular complexity index is 282. The third-order valence-electron chi connectivity index (χ3n) is 4.66. The fourth-order valence-electron chi connectivity index (χ4n) is 3.36. The van der Waals surface area contributed by atoms with Crippen LogP contribution in [0.1, 0.15) is 67.2 Å². The Morgan fingerprint density at radius 1 is 0.650 bits per heavy atom. The van der Waals surface area contributed by atoms with Crippen LogP contribution in [0.4, 0.5) is 0 Å². The predicted octanol–water partition coefficient (Wildman–Crippen LogP) is 3.73. The van der Waals surface area contributed by atoms with Crippen LogP contribution in [0, 0.1) is 10.8 Å². The number of hydrogen-bond acceptors (Lipinski definition) is 4. The van der Waals surface area contributed by atoms with Gasteiger partial charge in [-0.15, -0.1) is 0 Å². The minimum Gasteiger partial charge on any atom is -0.466 e. The Morgan fingerprint density at radius 2 is 0.900 bits per heavy atom. The molecule has 0 atom stereocenters. The summed E-state index contributed by atoms with van der Waals surface area (Å²) in [6.07, 6.45) is 2.29. The van der Waals surface area contributed by atoms with Crippen molar-refractivity contribution in [3.05, 3.63) is 0 Å². The topological polar surface area (TPSA) is 52.6 Å². The van der Waals surface area contributed by atoms with Crippen molar-refractivity contribution in [3.8, 4) is 0 Å². The lowest BCUT2D eigenvalue weighted by Crippen LogP contribution is -2.53. The summed E-state index contributed by atoms with van der Waals surface area (Å²) in [7, 11) is 0. The monoisotopic (exact) mass is 286 g/mol. The molecule has 0 heterocycles. The Labute approximate surface area is 123 Å². The van der Waals surface area contributed by atoms with E-state index in [0.717, 1.165) is 0 Å². The SMILES string of the molecule is CCOC(=O)C(CC)(CC)C(CC)(CC)C(=O)OCC. The summed E-state index contributed by atoms with van der Waals surface area (Å²) in [4.78, 5) is 25.1. The van der Waals surface area contributed by atoms with Gasteiger partial charge in [-0.25, -0.2) is 0 Å². The highest BCUT2D eigenvalue weighted by Crippen LogP contribution is 2.51. The molecule has 0 aromatic rings. The van der Waals surface area contributed by atoms with Gasteiger partial charge in [0.15, 0.2) is 0 Å². The van der Waals surface area contributed by atoms with Crippen LogP contribution in [0.5, 0.6) is 0 Å². The predicted molar refractivity (Wildman–Crippen MR) is 79.3 cm³/mol. The largest absolute Gasteiger partial charge is 0.466 e. The second-order valence-corrected chi connectivity index (χ2v) is 5.02. The van der Waals surface area contributed by atoms with E-state index in [9.17, 15) is 9.59 Å². The van der Waals surface area contributed by atoms with Crippen LogP contribution in [0.15, 0.2) is 0 Å². The van der Waals surface area contributed by atoms with Crippen LogP contribution in [0.3, 0.4) is 0 Å². The van der Waals surface area contributed by atoms with Crippen LogP contribution >= 0.6 is 0 Å². The zero-order valence-electron chi connectivity index (χ0n) is 13.9. The molecule has 0 aromatic carbocycles. The molecule has 0 spiro atoms. The minimum absolute atomic E-state index is 0.276. The second-order valence-electron chi connectivity index (χ2n) is 5.02. The normalized spacial score (nSPS) is 12.1. The van der Waals surface area contributed by atoms with E-state index in [-0.39, 0.29) is 11.9 Å². The first-order chi connectivity index (χ1) is 9.46. The fourth-order valence-corrected chi connectivity index (χ4v) is 3.36. The van der Waals surface area contributed by atoms with E-state index in [1.807, 2.05) is 27.7 Å². The Kier molecular flexibility index (Phi) is 7.84. The number of ether oxygens (including phenoxy) is 2. The van der Waals surface area contributed by atoms with Gasteiger partial charge in [0.2, 0.25) is 0 Å². The standard InChI is InChI=1S/C16H30O4/c1-7-15(8-2,13(17)19-11-5)16(9-3,10-4)14(18)20-12-6/h7-12H2,1-6H3. The van der Waals surface area contributed by atoms with E-state index in [1.54, 1.807) is 13.8 Å². The van der Waals surface area contributed by atoms with Crippen molar-refractivity contribution in [2.24, 2.45) is 10.8 Å². The van der Waals surface area contributed by atoms with E-state index >= 15 is 0 Å². The maximum absolute atomic E-state index is 12.6. The van der Waals surface area contributed by atoms with Crippen molar-refractivity contribution in [1.82, 2.24) is 0 Å². The molecule has 0 rings (SSSR count). The van der Waals surface area contributed by atoms with Crippen LogP contribution in [-0.4, -0.2) is 25.2 Å². The highest BCUT2D eigenvalue weighted by atomic mass is 16.5. The number of carbonyl (C=O) groups excluding carboxylic acids is 2. The molecule has 0 aromatic heterocycles. The Morgan fingerprint density at radius 3 is 1.05 bits per heavy atom. The lowest BCUT2D eigenvalue weighted by molar-refractivity contribution is -0.184. The minimum atomic E-state index is -0.807. The summed E-state index contributed by atoms with van der Waals surface area (Å²) in [5.74, 6) is -0.552. The quantitative estimate of drug-likeness (QED) is 0.606. The van der Waals surface area contributed by atoms with Crippen LogP contribution < -0.4 is 0 Å². The van der Waals surface area contributed by atoms with Crippen molar-refractivity contribution in [2.45, 2.75) is 67.2 Å². The molecule has 4 nitrogen and oxygen atoms in total. The number of hydrogen-bond donors (Lipinski definition) is 0. The molecule has 20 heavy (non-hydrogen) atoms. The summed E-state index contributed by atoms with van der Waals surface area (Å²) in [6, 6.07) is 0. The summed E-state index contributed by atoms with van der Waals surface area (Å²) in [5.41, 5.74) is -1.61. The molecule has 0 aliphatic heterocycles. The van der Waals surface area contributed by atoms with Gasteiger partial charge in [0, 0.05) is 0 Å². The molecular weight excluding hydrogens is 256 g/mol. The summed E-state index contributed by atoms with van der Waals surface area (Å²) in [6.45, 7) is 12.0. The number of carbonyl (C=O) groups is 2. The fraction of sp³-hybridized carbons (Fsp3) is 0.875. The highest BCUT2D eigenvalue weighted by molar-refractivity contribution is 5.88. The molecule has 0 unspecified atom stereocenters. The van der Waals surface area contributed by atoms with Gasteiger partial charge in [0.1, 0.15) is 0 Å². The van der Waals surface area contributed by atoms with Gasteiger partial charge >= 0.3 is 11.9 Å². The van der Waals surface area contributed by atoms with E-state index in [4.69, 9.17) is 9.47 Å². The molecular formula is C16H30O4. The maximum atomic E-state index is 12.6. The van der Waals surface area contributed by atoms with Crippen molar-refractivity contribution < 1.29 is 19.1 Å². The third-order valence-corrected chi connectivity index (χ3v) is 4.66. The van der Waals surface area contributed by atoms with Gasteiger partial charge in [-0.05, 0) is 39.5 Å². The molecule has 0 aliphatic rings. The Balaban J connectivity index is 5.89. The smallest absolute Gasteiger partial charge is 0.313 e. The second kappa shape index (κ2) is 8.28. The average Bonchev–Trinajstić information content (AvgIpc) is 2.45. The molecule has 0 bridgehead atoms. The molecule has 0 aliphatic carbocycles. The lowest BCUT2D eigenvalue weighted by atomic mass is 9.57. The molecule has 4 heteroatoms. The third kappa shape index (κ3) is 2.99. The van der Waals surface area contributed by atoms with Crippen molar-refractivity contribution in [1.29, 1.82) is 0 Å². The Hall–Kier alpha value is -1.06. The molecule has 0 saturated heterocycles. The first-order valence-electron chi connectivity index (χ1n) is 7.80. The van der Waals surface area contributed by atoms with Crippen molar-refractivity contribution in [2.75, 3.05) is 13.2 Å². The van der Waals surface area contributed by atoms with Gasteiger partial charge in [0.25, 0.3) is 0 Å². The summed E-state index contributed by atoms with van der Waals surface area (Å²) in [5, 5.41) is 0. The molecule has 0 saturated carbocycles. The average molecular weight is 286 g/mol. The molecule has 118 valence electrons. The maximum Gasteiger partial charge on any atom is 0.313 e. The summed E-state index contributed by atoms with van der Waals surface area (Å²) >= 11 is 0. The van der Waals surface area contributed by atoms with E-state index in [2.05, 4.69) is 0 Å². The first kappa shape index (κ1) is 18.9. The van der Waals surface area contributed by atoms with Crippen LogP contribution in [0.25, 0.3) is 0 Å². The van der Waals surface area contributed by atoms with E-state index in [1.165, 1.54) is 0 Å². The van der Waals surface area contributed by atoms with Crippen molar-refractivity contribution >= 4 is 11.9 Å². The zero-order valence-corrected chi connectivity index (χ0v) is 13.9. The van der Waals surface area contributed by atoms with E-state index < -0.39 is 10.8 Å². The van der Waals surface area contributed by atoms with Gasteiger partial charge in [0.05, 0.1) is 24.0 Å². The number of rotatable bonds is 9. The van der Waals surface area contributed by atoms with Crippen LogP contribution in [0.2, 0.25) is 0 Å². The molecule has 0 radical (unpaired) electrons. The van der Waals surface area contributed by atoms with Gasteiger partial charge in [-0.1, -0.05) is 27.7 Å². The lowest BCUT2D eigenvalue weighted by Gasteiger charge is -2.45. The van der Waals surface area contributed by atoms with Gasteiger partial charge in [-0.3, -0.25) is 9.59 Å². The van der Waals surface area contributed by atoms with Gasteiger partial charge in [-0.2, -0.15) is 0 Å².